The zero-order valence-electron chi connectivity index (χ0n) is 16.0. The first kappa shape index (κ1) is 20.9. The molecule has 0 atom stereocenters. The number of benzene rings is 1. The predicted octanol–water partition coefficient (Wildman–Crippen LogP) is 3.84. The first-order valence-electron chi connectivity index (χ1n) is 9.51. The number of nitrogens with zero attached hydrogens (tertiary/aromatic N) is 2. The van der Waals surface area contributed by atoms with Crippen LogP contribution >= 0.6 is 23.2 Å². The Labute approximate surface area is 176 Å². The van der Waals surface area contributed by atoms with Gasteiger partial charge < -0.3 is 15.4 Å². The number of hydrogen-bond donors (Lipinski definition) is 2. The van der Waals surface area contributed by atoms with Crippen LogP contribution in [0.5, 0.6) is 0 Å². The SMILES string of the molecule is CN=C(NCCc1ccc(Cl)nc1)NCC1(c2ccccc2Cl)CCOCC1. The van der Waals surface area contributed by atoms with Gasteiger partial charge in [0.1, 0.15) is 5.15 Å². The van der Waals surface area contributed by atoms with Gasteiger partial charge in [-0.15, -0.1) is 0 Å². The van der Waals surface area contributed by atoms with E-state index in [1.165, 1.54) is 5.56 Å². The third-order valence-electron chi connectivity index (χ3n) is 5.21. The van der Waals surface area contributed by atoms with E-state index in [2.05, 4.69) is 26.7 Å². The fraction of sp³-hybridized carbons (Fsp3) is 0.429. The van der Waals surface area contributed by atoms with Gasteiger partial charge in [0, 0.05) is 50.0 Å². The van der Waals surface area contributed by atoms with E-state index in [-0.39, 0.29) is 5.41 Å². The van der Waals surface area contributed by atoms with Crippen molar-refractivity contribution >= 4 is 29.2 Å². The average molecular weight is 421 g/mol. The molecule has 150 valence electrons. The van der Waals surface area contributed by atoms with Crippen LogP contribution in [-0.2, 0) is 16.6 Å². The Morgan fingerprint density at radius 1 is 1.14 bits per heavy atom. The van der Waals surface area contributed by atoms with E-state index in [9.17, 15) is 0 Å². The van der Waals surface area contributed by atoms with Gasteiger partial charge in [-0.2, -0.15) is 0 Å². The van der Waals surface area contributed by atoms with Gasteiger partial charge in [0.15, 0.2) is 5.96 Å². The first-order chi connectivity index (χ1) is 13.6. The number of rotatable bonds is 6. The van der Waals surface area contributed by atoms with E-state index < -0.39 is 0 Å². The van der Waals surface area contributed by atoms with Crippen LogP contribution < -0.4 is 10.6 Å². The van der Waals surface area contributed by atoms with Gasteiger partial charge in [0.05, 0.1) is 0 Å². The largest absolute Gasteiger partial charge is 0.381 e. The molecular weight excluding hydrogens is 395 g/mol. The highest BCUT2D eigenvalue weighted by Crippen LogP contribution is 2.38. The topological polar surface area (TPSA) is 58.5 Å². The highest BCUT2D eigenvalue weighted by atomic mass is 35.5. The number of hydrogen-bond acceptors (Lipinski definition) is 3. The summed E-state index contributed by atoms with van der Waals surface area (Å²) in [6, 6.07) is 11.9. The van der Waals surface area contributed by atoms with E-state index in [0.717, 1.165) is 62.1 Å². The van der Waals surface area contributed by atoms with Crippen molar-refractivity contribution < 1.29 is 4.74 Å². The lowest BCUT2D eigenvalue weighted by molar-refractivity contribution is 0.0514. The van der Waals surface area contributed by atoms with Gasteiger partial charge in [-0.3, -0.25) is 4.99 Å². The monoisotopic (exact) mass is 420 g/mol. The summed E-state index contributed by atoms with van der Waals surface area (Å²) in [7, 11) is 1.78. The number of nitrogens with one attached hydrogen (secondary N) is 2. The lowest BCUT2D eigenvalue weighted by Gasteiger charge is -2.38. The molecule has 0 amide bonds. The summed E-state index contributed by atoms with van der Waals surface area (Å²) in [6.45, 7) is 2.98. The van der Waals surface area contributed by atoms with Crippen LogP contribution in [0.3, 0.4) is 0 Å². The Hall–Kier alpha value is -1.82. The average Bonchev–Trinajstić information content (AvgIpc) is 2.73. The van der Waals surface area contributed by atoms with Crippen molar-refractivity contribution in [2.45, 2.75) is 24.7 Å². The second-order valence-corrected chi connectivity index (χ2v) is 7.76. The van der Waals surface area contributed by atoms with Crippen molar-refractivity contribution in [3.8, 4) is 0 Å². The molecule has 1 fully saturated rings. The maximum atomic E-state index is 6.53. The number of guanidine groups is 1. The van der Waals surface area contributed by atoms with Gasteiger partial charge in [-0.05, 0) is 42.5 Å². The third kappa shape index (κ3) is 5.37. The Kier molecular flexibility index (Phi) is 7.54. The van der Waals surface area contributed by atoms with Gasteiger partial charge >= 0.3 is 0 Å². The molecule has 0 radical (unpaired) electrons. The minimum Gasteiger partial charge on any atom is -0.381 e. The van der Waals surface area contributed by atoms with E-state index in [1.54, 1.807) is 13.2 Å². The lowest BCUT2D eigenvalue weighted by Crippen LogP contribution is -2.48. The highest BCUT2D eigenvalue weighted by molar-refractivity contribution is 6.31. The molecule has 0 aliphatic carbocycles. The second-order valence-electron chi connectivity index (χ2n) is 6.96. The molecule has 2 aromatic rings. The predicted molar refractivity (Wildman–Crippen MR) is 115 cm³/mol. The van der Waals surface area contributed by atoms with E-state index in [4.69, 9.17) is 27.9 Å². The van der Waals surface area contributed by atoms with Crippen LogP contribution in [0.1, 0.15) is 24.0 Å². The van der Waals surface area contributed by atoms with Gasteiger partial charge in [-0.1, -0.05) is 47.5 Å². The van der Waals surface area contributed by atoms with Crippen molar-refractivity contribution in [2.75, 3.05) is 33.4 Å². The summed E-state index contributed by atoms with van der Waals surface area (Å²) in [5.74, 6) is 0.778. The number of aliphatic imine (C=N–C) groups is 1. The molecule has 2 N–H and O–H groups in total. The van der Waals surface area contributed by atoms with Gasteiger partial charge in [0.25, 0.3) is 0 Å². The fourth-order valence-corrected chi connectivity index (χ4v) is 4.00. The molecule has 1 aliphatic rings. The maximum absolute atomic E-state index is 6.53. The molecule has 0 bridgehead atoms. The summed E-state index contributed by atoms with van der Waals surface area (Å²) in [5.41, 5.74) is 2.24. The Bertz CT molecular complexity index is 789. The summed E-state index contributed by atoms with van der Waals surface area (Å²) < 4.78 is 5.61. The molecule has 0 spiro atoms. The third-order valence-corrected chi connectivity index (χ3v) is 5.76. The lowest BCUT2D eigenvalue weighted by atomic mass is 9.74. The zero-order valence-corrected chi connectivity index (χ0v) is 17.6. The van der Waals surface area contributed by atoms with Crippen LogP contribution in [0, 0.1) is 0 Å². The number of halogens is 2. The number of aromatic nitrogens is 1. The summed E-state index contributed by atoms with van der Waals surface area (Å²) in [6.07, 6.45) is 4.50. The standard InChI is InChI=1S/C21H26Cl2N4O/c1-24-20(25-11-8-16-6-7-19(23)26-14-16)27-15-21(9-12-28-13-10-21)17-4-2-3-5-18(17)22/h2-7,14H,8-13,15H2,1H3,(H2,24,25,27). The van der Waals surface area contributed by atoms with E-state index in [0.29, 0.717) is 5.15 Å². The number of ether oxygens (including phenoxy) is 1. The van der Waals surface area contributed by atoms with Crippen molar-refractivity contribution in [1.29, 1.82) is 0 Å². The van der Waals surface area contributed by atoms with Crippen molar-refractivity contribution in [1.82, 2.24) is 15.6 Å². The van der Waals surface area contributed by atoms with Crippen LogP contribution in [0.4, 0.5) is 0 Å². The maximum Gasteiger partial charge on any atom is 0.191 e. The molecule has 28 heavy (non-hydrogen) atoms. The summed E-state index contributed by atoms with van der Waals surface area (Å²) >= 11 is 12.4. The summed E-state index contributed by atoms with van der Waals surface area (Å²) in [4.78, 5) is 8.47. The van der Waals surface area contributed by atoms with Crippen LogP contribution in [0.2, 0.25) is 10.2 Å². The smallest absolute Gasteiger partial charge is 0.191 e. The number of pyridine rings is 1. The van der Waals surface area contributed by atoms with E-state index >= 15 is 0 Å². The first-order valence-corrected chi connectivity index (χ1v) is 10.3. The molecule has 1 aliphatic heterocycles. The Morgan fingerprint density at radius 3 is 2.61 bits per heavy atom. The summed E-state index contributed by atoms with van der Waals surface area (Å²) in [5, 5.41) is 8.18. The minimum atomic E-state index is -0.0612. The van der Waals surface area contributed by atoms with Crippen molar-refractivity contribution in [3.63, 3.8) is 0 Å². The molecule has 1 saturated heterocycles. The second kappa shape index (κ2) is 10.1. The van der Waals surface area contributed by atoms with Crippen molar-refractivity contribution in [3.05, 3.63) is 63.9 Å². The minimum absolute atomic E-state index is 0.0612. The molecule has 1 aromatic carbocycles. The van der Waals surface area contributed by atoms with Gasteiger partial charge in [0.2, 0.25) is 0 Å². The van der Waals surface area contributed by atoms with Crippen LogP contribution in [0.25, 0.3) is 0 Å². The molecule has 7 heteroatoms. The molecule has 0 unspecified atom stereocenters. The Balaban J connectivity index is 1.60. The van der Waals surface area contributed by atoms with E-state index in [1.807, 2.05) is 30.3 Å². The Morgan fingerprint density at radius 2 is 1.93 bits per heavy atom. The van der Waals surface area contributed by atoms with Crippen LogP contribution in [-0.4, -0.2) is 44.3 Å². The van der Waals surface area contributed by atoms with Crippen molar-refractivity contribution in [2.24, 2.45) is 4.99 Å². The molecule has 5 nitrogen and oxygen atoms in total. The normalized spacial score (nSPS) is 16.6. The van der Waals surface area contributed by atoms with Crippen LogP contribution in [0.15, 0.2) is 47.6 Å². The zero-order chi connectivity index (χ0) is 19.8. The molecule has 1 aromatic heterocycles. The molecule has 3 rings (SSSR count). The fourth-order valence-electron chi connectivity index (χ4n) is 3.55. The highest BCUT2D eigenvalue weighted by Gasteiger charge is 2.36. The van der Waals surface area contributed by atoms with Gasteiger partial charge in [-0.25, -0.2) is 4.98 Å². The molecular formula is C21H26Cl2N4O. The molecule has 2 heterocycles. The molecule has 0 saturated carbocycles. The quantitative estimate of drug-likeness (QED) is 0.423.